The normalized spacial score (nSPS) is 24.3. The van der Waals surface area contributed by atoms with Gasteiger partial charge in [0.15, 0.2) is 5.13 Å². The van der Waals surface area contributed by atoms with Crippen molar-refractivity contribution >= 4 is 43.9 Å². The molecule has 3 aromatic rings. The van der Waals surface area contributed by atoms with Crippen LogP contribution in [0.1, 0.15) is 30.0 Å². The Labute approximate surface area is 184 Å². The average molecular weight is 436 g/mol. The fraction of sp³-hybridized carbons (Fsp3) is 0.391. The second-order valence-electron chi connectivity index (χ2n) is 8.56. The number of aliphatic hydroxyl groups excluding tert-OH is 2. The summed E-state index contributed by atoms with van der Waals surface area (Å²) in [6, 6.07) is 10.5. The molecular formula is C23H25N5O2S. The first-order chi connectivity index (χ1) is 15.2. The fourth-order valence-corrected chi connectivity index (χ4v) is 5.56. The lowest BCUT2D eigenvalue weighted by Gasteiger charge is -2.18. The summed E-state index contributed by atoms with van der Waals surface area (Å²) in [6.45, 7) is 2.08. The summed E-state index contributed by atoms with van der Waals surface area (Å²) in [5.41, 5.74) is 5.45. The van der Waals surface area contributed by atoms with Crippen LogP contribution in [0.4, 0.5) is 16.6 Å². The Morgan fingerprint density at radius 1 is 1.26 bits per heavy atom. The molecule has 4 heterocycles. The van der Waals surface area contributed by atoms with E-state index in [0.717, 1.165) is 57.6 Å². The third kappa shape index (κ3) is 3.54. The van der Waals surface area contributed by atoms with Crippen LogP contribution in [-0.2, 0) is 0 Å². The van der Waals surface area contributed by atoms with E-state index in [-0.39, 0.29) is 12.7 Å². The Bertz CT molecular complexity index is 1180. The first kappa shape index (κ1) is 19.0. The van der Waals surface area contributed by atoms with Crippen LogP contribution in [0.15, 0.2) is 36.4 Å². The van der Waals surface area contributed by atoms with Gasteiger partial charge < -0.3 is 25.7 Å². The Hall–Kier alpha value is -2.68. The second-order valence-corrected chi connectivity index (χ2v) is 9.59. The van der Waals surface area contributed by atoms with Crippen LogP contribution in [0.5, 0.6) is 0 Å². The highest BCUT2D eigenvalue weighted by atomic mass is 32.1. The standard InChI is InChI=1S/C23H25N5O2S/c29-7-5-24-23-27-20-10-16-15-8-13(15)9-19(25-18(16)11-21(20)31-23)17-2-1-3-22(26-17)28-6-4-14(30)12-28/h1-3,9-11,13-15,25,29-30H,4-8,12H2,(H,24,27)/t13?,14-,15?/m0/s1. The summed E-state index contributed by atoms with van der Waals surface area (Å²) in [5.74, 6) is 1.97. The number of pyridine rings is 1. The lowest BCUT2D eigenvalue weighted by Crippen LogP contribution is -2.22. The molecule has 1 aromatic carbocycles. The zero-order valence-electron chi connectivity index (χ0n) is 17.1. The molecule has 0 bridgehead atoms. The first-order valence-electron chi connectivity index (χ1n) is 10.9. The molecule has 4 N–H and O–H groups in total. The molecule has 0 radical (unpaired) electrons. The van der Waals surface area contributed by atoms with Gasteiger partial charge in [-0.3, -0.25) is 0 Å². The molecule has 7 nitrogen and oxygen atoms in total. The molecule has 1 aliphatic carbocycles. The summed E-state index contributed by atoms with van der Waals surface area (Å²) in [7, 11) is 0. The zero-order chi connectivity index (χ0) is 20.9. The van der Waals surface area contributed by atoms with E-state index < -0.39 is 0 Å². The van der Waals surface area contributed by atoms with Gasteiger partial charge in [0.1, 0.15) is 5.82 Å². The van der Waals surface area contributed by atoms with Gasteiger partial charge in [-0.2, -0.15) is 0 Å². The summed E-state index contributed by atoms with van der Waals surface area (Å²) in [6.07, 6.45) is 4.01. The van der Waals surface area contributed by atoms with Gasteiger partial charge in [0.25, 0.3) is 0 Å². The van der Waals surface area contributed by atoms with Gasteiger partial charge in [0.05, 0.1) is 34.3 Å². The van der Waals surface area contributed by atoms with Gasteiger partial charge >= 0.3 is 0 Å². The van der Waals surface area contributed by atoms with Crippen LogP contribution < -0.4 is 15.5 Å². The van der Waals surface area contributed by atoms with Crippen LogP contribution in [0, 0.1) is 5.92 Å². The molecule has 6 rings (SSSR count). The summed E-state index contributed by atoms with van der Waals surface area (Å²) < 4.78 is 1.12. The molecule has 0 amide bonds. The average Bonchev–Trinajstić information content (AvgIpc) is 3.25. The molecule has 1 saturated heterocycles. The van der Waals surface area contributed by atoms with E-state index >= 15 is 0 Å². The van der Waals surface area contributed by atoms with Gasteiger partial charge in [0, 0.05) is 25.3 Å². The van der Waals surface area contributed by atoms with E-state index in [1.807, 2.05) is 12.1 Å². The number of rotatable bonds is 5. The Morgan fingerprint density at radius 2 is 2.19 bits per heavy atom. The number of nitrogens with one attached hydrogen (secondary N) is 2. The molecule has 2 aromatic heterocycles. The topological polar surface area (TPSA) is 93.5 Å². The number of benzene rings is 1. The predicted molar refractivity (Wildman–Crippen MR) is 125 cm³/mol. The van der Waals surface area contributed by atoms with Gasteiger partial charge in [-0.15, -0.1) is 0 Å². The van der Waals surface area contributed by atoms with Gasteiger partial charge in [0.2, 0.25) is 0 Å². The maximum atomic E-state index is 9.89. The number of thiazole rings is 1. The molecule has 160 valence electrons. The largest absolute Gasteiger partial charge is 0.395 e. The minimum absolute atomic E-state index is 0.0916. The molecule has 3 atom stereocenters. The van der Waals surface area contributed by atoms with Crippen molar-refractivity contribution in [2.24, 2.45) is 5.92 Å². The minimum Gasteiger partial charge on any atom is -0.395 e. The predicted octanol–water partition coefficient (Wildman–Crippen LogP) is 3.24. The Kier molecular flexibility index (Phi) is 4.59. The van der Waals surface area contributed by atoms with Crippen molar-refractivity contribution in [1.29, 1.82) is 0 Å². The summed E-state index contributed by atoms with van der Waals surface area (Å²) >= 11 is 1.61. The van der Waals surface area contributed by atoms with Crippen molar-refractivity contribution in [1.82, 2.24) is 9.97 Å². The SMILES string of the molecule is OCCNc1nc2cc3c(cc2s1)NC(c1cccc(N2CC[C@H](O)C2)n1)=CC1CC31. The Balaban J connectivity index is 1.33. The van der Waals surface area contributed by atoms with E-state index in [4.69, 9.17) is 15.1 Å². The van der Waals surface area contributed by atoms with E-state index in [2.05, 4.69) is 39.8 Å². The van der Waals surface area contributed by atoms with E-state index in [9.17, 15) is 5.11 Å². The molecule has 1 saturated carbocycles. The molecule has 31 heavy (non-hydrogen) atoms. The summed E-state index contributed by atoms with van der Waals surface area (Å²) in [4.78, 5) is 11.8. The first-order valence-corrected chi connectivity index (χ1v) is 11.7. The molecular weight excluding hydrogens is 410 g/mol. The van der Waals surface area contributed by atoms with E-state index in [1.54, 1.807) is 11.3 Å². The Morgan fingerprint density at radius 3 is 3.03 bits per heavy atom. The maximum absolute atomic E-state index is 9.89. The lowest BCUT2D eigenvalue weighted by molar-refractivity contribution is 0.198. The van der Waals surface area contributed by atoms with Crippen LogP contribution in [0.3, 0.4) is 0 Å². The minimum atomic E-state index is -0.265. The number of aromatic nitrogens is 2. The molecule has 2 unspecified atom stereocenters. The lowest BCUT2D eigenvalue weighted by atomic mass is 10.1. The number of nitrogens with zero attached hydrogens (tertiary/aromatic N) is 3. The van der Waals surface area contributed by atoms with Gasteiger partial charge in [-0.05, 0) is 54.5 Å². The number of β-amino-alcohol motifs (C(OH)–C–C–N with tert-alkyl or cyclic N) is 1. The molecule has 8 heteroatoms. The van der Waals surface area contributed by atoms with Crippen molar-refractivity contribution in [2.75, 3.05) is 41.8 Å². The van der Waals surface area contributed by atoms with Crippen LogP contribution in [-0.4, -0.2) is 52.5 Å². The third-order valence-corrected chi connectivity index (χ3v) is 7.31. The molecule has 2 aliphatic heterocycles. The smallest absolute Gasteiger partial charge is 0.183 e. The van der Waals surface area contributed by atoms with E-state index in [0.29, 0.717) is 24.9 Å². The zero-order valence-corrected chi connectivity index (χ0v) is 17.9. The van der Waals surface area contributed by atoms with Crippen LogP contribution >= 0.6 is 11.3 Å². The van der Waals surface area contributed by atoms with Crippen LogP contribution in [0.25, 0.3) is 15.9 Å². The highest BCUT2D eigenvalue weighted by Crippen LogP contribution is 2.54. The van der Waals surface area contributed by atoms with Crippen molar-refractivity contribution in [3.63, 3.8) is 0 Å². The number of fused-ring (bicyclic) bond motifs is 4. The molecule has 2 fully saturated rings. The van der Waals surface area contributed by atoms with Gasteiger partial charge in [-0.25, -0.2) is 9.97 Å². The third-order valence-electron chi connectivity index (χ3n) is 6.33. The highest BCUT2D eigenvalue weighted by molar-refractivity contribution is 7.22. The molecule has 3 aliphatic rings. The molecule has 0 spiro atoms. The maximum Gasteiger partial charge on any atom is 0.183 e. The van der Waals surface area contributed by atoms with Crippen molar-refractivity contribution in [3.05, 3.63) is 47.7 Å². The summed E-state index contributed by atoms with van der Waals surface area (Å²) in [5, 5.41) is 26.6. The van der Waals surface area contributed by atoms with E-state index in [1.165, 1.54) is 5.56 Å². The number of hydrogen-bond donors (Lipinski definition) is 4. The number of hydrogen-bond acceptors (Lipinski definition) is 8. The second kappa shape index (κ2) is 7.47. The fourth-order valence-electron chi connectivity index (χ4n) is 4.65. The monoisotopic (exact) mass is 435 g/mol. The number of aliphatic hydroxyl groups is 2. The quantitative estimate of drug-likeness (QED) is 0.489. The van der Waals surface area contributed by atoms with Crippen LogP contribution in [0.2, 0.25) is 0 Å². The highest BCUT2D eigenvalue weighted by Gasteiger charge is 2.41. The van der Waals surface area contributed by atoms with Gasteiger partial charge in [-0.1, -0.05) is 23.5 Å². The number of allylic oxidation sites excluding steroid dienone is 1. The van der Waals surface area contributed by atoms with Crippen molar-refractivity contribution in [3.8, 4) is 0 Å². The number of anilines is 3. The van der Waals surface area contributed by atoms with Crippen molar-refractivity contribution in [2.45, 2.75) is 24.9 Å². The van der Waals surface area contributed by atoms with Crippen molar-refractivity contribution < 1.29 is 10.2 Å².